The minimum atomic E-state index is -1.31. The van der Waals surface area contributed by atoms with Crippen molar-refractivity contribution in [2.75, 3.05) is 0 Å². The second-order valence-corrected chi connectivity index (χ2v) is 9.05. The van der Waals surface area contributed by atoms with E-state index >= 15 is 0 Å². The van der Waals surface area contributed by atoms with Crippen LogP contribution in [0.2, 0.25) is 0 Å². The molecule has 22 heavy (non-hydrogen) atoms. The minimum Gasteiger partial charge on any atom is -0.459 e. The van der Waals surface area contributed by atoms with Crippen LogP contribution in [0.5, 0.6) is 0 Å². The molecule has 2 fully saturated rings. The number of nitrogens with zero attached hydrogens (tertiary/aromatic N) is 1. The Labute approximate surface area is 139 Å². The number of hydrogen-bond donors (Lipinski definition) is 0. The van der Waals surface area contributed by atoms with Gasteiger partial charge in [-0.25, -0.2) is 4.79 Å². The van der Waals surface area contributed by atoms with E-state index in [1.807, 2.05) is 30.3 Å². The minimum absolute atomic E-state index is 0.142. The average molecular weight is 386 g/mol. The Morgan fingerprint density at radius 2 is 2.00 bits per heavy atom. The Bertz CT molecular complexity index is 648. The summed E-state index contributed by atoms with van der Waals surface area (Å²) in [7, 11) is -1.31. The maximum absolute atomic E-state index is 12.5. The van der Waals surface area contributed by atoms with Gasteiger partial charge in [0, 0.05) is 0 Å². The largest absolute Gasteiger partial charge is 0.459 e. The van der Waals surface area contributed by atoms with Crippen molar-refractivity contribution in [2.45, 2.75) is 41.4 Å². The molecule has 3 unspecified atom stereocenters. The van der Waals surface area contributed by atoms with Crippen molar-refractivity contribution in [3.8, 4) is 0 Å². The van der Waals surface area contributed by atoms with Gasteiger partial charge in [0.2, 0.25) is 5.91 Å². The molecule has 1 amide bonds. The molecular weight excluding hydrogens is 370 g/mol. The zero-order valence-corrected chi connectivity index (χ0v) is 14.6. The molecule has 1 aromatic rings. The van der Waals surface area contributed by atoms with Crippen LogP contribution in [-0.4, -0.2) is 42.0 Å². The molecule has 3 rings (SSSR count). The standard InChI is InChI=1S/C15H16BrNO4S/c1-15(2)11(17-12(18)10(16)13(17)22(15)20)14(19)21-8-9-6-4-3-5-7-9/h3-7,10-11,13H,8H2,1-2H3/t10?,11-,13?,22?/m0/s1. The molecule has 5 nitrogen and oxygen atoms in total. The highest BCUT2D eigenvalue weighted by Gasteiger charge is 2.67. The summed E-state index contributed by atoms with van der Waals surface area (Å²) in [5, 5.41) is -0.447. The van der Waals surface area contributed by atoms with Crippen molar-refractivity contribution in [2.24, 2.45) is 0 Å². The number of amides is 1. The van der Waals surface area contributed by atoms with Crippen molar-refractivity contribution in [3.05, 3.63) is 35.9 Å². The van der Waals surface area contributed by atoms with Crippen LogP contribution in [0.3, 0.4) is 0 Å². The lowest BCUT2D eigenvalue weighted by molar-refractivity contribution is -0.161. The van der Waals surface area contributed by atoms with E-state index in [0.717, 1.165) is 5.56 Å². The molecular formula is C15H16BrNO4S. The van der Waals surface area contributed by atoms with Crippen LogP contribution >= 0.6 is 15.9 Å². The Balaban J connectivity index is 1.77. The molecule has 0 radical (unpaired) electrons. The number of esters is 1. The topological polar surface area (TPSA) is 63.7 Å². The zero-order valence-electron chi connectivity index (χ0n) is 12.2. The number of rotatable bonds is 3. The van der Waals surface area contributed by atoms with Gasteiger partial charge in [0.25, 0.3) is 0 Å². The molecule has 0 spiro atoms. The highest BCUT2D eigenvalue weighted by molar-refractivity contribution is 9.10. The summed E-state index contributed by atoms with van der Waals surface area (Å²) >= 11 is 3.24. The van der Waals surface area contributed by atoms with Crippen LogP contribution < -0.4 is 0 Å². The summed E-state index contributed by atoms with van der Waals surface area (Å²) in [6.07, 6.45) is 0. The van der Waals surface area contributed by atoms with Gasteiger partial charge in [-0.1, -0.05) is 46.3 Å². The fourth-order valence-corrected chi connectivity index (χ4v) is 5.79. The van der Waals surface area contributed by atoms with Gasteiger partial charge in [0.15, 0.2) is 0 Å². The lowest BCUT2D eigenvalue weighted by Crippen LogP contribution is -2.64. The van der Waals surface area contributed by atoms with E-state index in [1.165, 1.54) is 4.90 Å². The Kier molecular flexibility index (Phi) is 3.89. The maximum atomic E-state index is 12.5. The summed E-state index contributed by atoms with van der Waals surface area (Å²) < 4.78 is 17.0. The van der Waals surface area contributed by atoms with E-state index in [0.29, 0.717) is 0 Å². The number of carbonyl (C=O) groups excluding carboxylic acids is 2. The summed E-state index contributed by atoms with van der Waals surface area (Å²) in [6, 6.07) is 8.52. The van der Waals surface area contributed by atoms with Crippen molar-refractivity contribution in [1.82, 2.24) is 4.90 Å². The summed E-state index contributed by atoms with van der Waals surface area (Å²) in [5.41, 5.74) is 0.873. The second-order valence-electron chi connectivity index (χ2n) is 5.93. The van der Waals surface area contributed by atoms with Crippen LogP contribution in [0, 0.1) is 0 Å². The third-order valence-corrected chi connectivity index (χ3v) is 7.58. The molecule has 0 saturated carbocycles. The number of fused-ring (bicyclic) bond motifs is 1. The zero-order chi connectivity index (χ0) is 16.1. The van der Waals surface area contributed by atoms with Gasteiger partial charge in [-0.2, -0.15) is 0 Å². The number of alkyl halides is 1. The van der Waals surface area contributed by atoms with E-state index in [2.05, 4.69) is 15.9 Å². The SMILES string of the molecule is CC1(C)[C@H](C(=O)OCc2ccccc2)N2C(=O)C(Br)C2S1=O. The van der Waals surface area contributed by atoms with Crippen molar-refractivity contribution in [1.29, 1.82) is 0 Å². The molecule has 1 aromatic carbocycles. The average Bonchev–Trinajstić information content (AvgIpc) is 2.70. The number of β-lactam (4-membered cyclic amide) rings is 1. The number of benzene rings is 1. The molecule has 7 heteroatoms. The molecule has 2 saturated heterocycles. The molecule has 0 aromatic heterocycles. The first-order chi connectivity index (χ1) is 10.4. The fourth-order valence-electron chi connectivity index (χ4n) is 2.90. The van der Waals surface area contributed by atoms with Gasteiger partial charge in [-0.15, -0.1) is 0 Å². The first kappa shape index (κ1) is 15.7. The van der Waals surface area contributed by atoms with Gasteiger partial charge in [-0.3, -0.25) is 9.00 Å². The maximum Gasteiger partial charge on any atom is 0.330 e. The predicted octanol–water partition coefficient (Wildman–Crippen LogP) is 1.57. The first-order valence-electron chi connectivity index (χ1n) is 6.93. The molecule has 0 bridgehead atoms. The Morgan fingerprint density at radius 1 is 1.36 bits per heavy atom. The van der Waals surface area contributed by atoms with Gasteiger partial charge >= 0.3 is 5.97 Å². The van der Waals surface area contributed by atoms with Crippen molar-refractivity contribution in [3.63, 3.8) is 0 Å². The number of ether oxygens (including phenoxy) is 1. The predicted molar refractivity (Wildman–Crippen MR) is 85.6 cm³/mol. The summed E-state index contributed by atoms with van der Waals surface area (Å²) in [6.45, 7) is 3.62. The molecule has 2 aliphatic rings. The first-order valence-corrected chi connectivity index (χ1v) is 9.06. The van der Waals surface area contributed by atoms with Crippen LogP contribution in [0.4, 0.5) is 0 Å². The number of hydrogen-bond acceptors (Lipinski definition) is 4. The summed E-state index contributed by atoms with van der Waals surface area (Å²) in [5.74, 6) is -0.706. The summed E-state index contributed by atoms with van der Waals surface area (Å²) in [4.78, 5) is 25.4. The van der Waals surface area contributed by atoms with E-state index < -0.39 is 37.8 Å². The van der Waals surface area contributed by atoms with Gasteiger partial charge in [0.1, 0.15) is 22.8 Å². The van der Waals surface area contributed by atoms with Gasteiger partial charge < -0.3 is 9.64 Å². The Hall–Kier alpha value is -1.21. The quantitative estimate of drug-likeness (QED) is 0.450. The van der Waals surface area contributed by atoms with E-state index in [4.69, 9.17) is 4.74 Å². The lowest BCUT2D eigenvalue weighted by atomic mass is 9.98. The molecule has 118 valence electrons. The van der Waals surface area contributed by atoms with Gasteiger partial charge in [-0.05, 0) is 19.4 Å². The highest BCUT2D eigenvalue weighted by Crippen LogP contribution is 2.46. The van der Waals surface area contributed by atoms with Crippen molar-refractivity contribution < 1.29 is 18.5 Å². The molecule has 4 atom stereocenters. The van der Waals surface area contributed by atoms with Gasteiger partial charge in [0.05, 0.1) is 15.5 Å². The van der Waals surface area contributed by atoms with Crippen LogP contribution in [-0.2, 0) is 31.7 Å². The fraction of sp³-hybridized carbons (Fsp3) is 0.467. The smallest absolute Gasteiger partial charge is 0.330 e. The molecule has 0 N–H and O–H groups in total. The molecule has 2 aliphatic heterocycles. The van der Waals surface area contributed by atoms with Crippen LogP contribution in [0.25, 0.3) is 0 Å². The van der Waals surface area contributed by atoms with E-state index in [9.17, 15) is 13.8 Å². The lowest BCUT2D eigenvalue weighted by Gasteiger charge is -2.40. The third-order valence-electron chi connectivity index (χ3n) is 4.14. The third kappa shape index (κ3) is 2.22. The van der Waals surface area contributed by atoms with Crippen molar-refractivity contribution >= 4 is 38.6 Å². The normalized spacial score (nSPS) is 32.3. The monoisotopic (exact) mass is 385 g/mol. The van der Waals surface area contributed by atoms with Crippen LogP contribution in [0.15, 0.2) is 30.3 Å². The van der Waals surface area contributed by atoms with Crippen LogP contribution in [0.1, 0.15) is 19.4 Å². The second kappa shape index (κ2) is 5.45. The number of halogens is 1. The molecule has 0 aliphatic carbocycles. The highest BCUT2D eigenvalue weighted by atomic mass is 79.9. The van der Waals surface area contributed by atoms with E-state index in [-0.39, 0.29) is 12.5 Å². The Morgan fingerprint density at radius 3 is 2.64 bits per heavy atom. The molecule has 2 heterocycles. The van der Waals surface area contributed by atoms with E-state index in [1.54, 1.807) is 13.8 Å². The number of carbonyl (C=O) groups is 2.